The van der Waals surface area contributed by atoms with E-state index in [4.69, 9.17) is 4.74 Å². The van der Waals surface area contributed by atoms with Gasteiger partial charge >= 0.3 is 0 Å². The second kappa shape index (κ2) is 10.00. The highest BCUT2D eigenvalue weighted by atomic mass is 35.5. The summed E-state index contributed by atoms with van der Waals surface area (Å²) in [6, 6.07) is 0.0644. The van der Waals surface area contributed by atoms with Crippen molar-refractivity contribution in [2.24, 2.45) is 0 Å². The van der Waals surface area contributed by atoms with Crippen LogP contribution in [-0.4, -0.2) is 62.1 Å². The number of nitrogens with zero attached hydrogens (tertiary/aromatic N) is 1. The number of likely N-dealkylation sites (N-methyl/N-ethyl adjacent to an activating group) is 2. The van der Waals surface area contributed by atoms with Crippen LogP contribution in [0.3, 0.4) is 0 Å². The number of ether oxygens (including phenoxy) is 1. The van der Waals surface area contributed by atoms with Crippen molar-refractivity contribution < 1.29 is 14.3 Å². The lowest BCUT2D eigenvalue weighted by atomic mass is 10.2. The molecule has 1 aliphatic heterocycles. The predicted molar refractivity (Wildman–Crippen MR) is 75.4 cm³/mol. The van der Waals surface area contributed by atoms with Gasteiger partial charge in [0.25, 0.3) is 0 Å². The van der Waals surface area contributed by atoms with E-state index < -0.39 is 0 Å². The zero-order valence-electron chi connectivity index (χ0n) is 11.6. The maximum absolute atomic E-state index is 12.0. The molecule has 0 aromatic rings. The molecule has 7 heteroatoms. The van der Waals surface area contributed by atoms with Crippen LogP contribution in [0.2, 0.25) is 0 Å². The summed E-state index contributed by atoms with van der Waals surface area (Å²) < 4.78 is 5.30. The van der Waals surface area contributed by atoms with Crippen LogP contribution in [0.25, 0.3) is 0 Å². The van der Waals surface area contributed by atoms with Gasteiger partial charge in [-0.3, -0.25) is 9.59 Å². The van der Waals surface area contributed by atoms with Gasteiger partial charge in [-0.05, 0) is 13.8 Å². The van der Waals surface area contributed by atoms with E-state index in [1.807, 2.05) is 13.8 Å². The van der Waals surface area contributed by atoms with Crippen LogP contribution in [0.4, 0.5) is 0 Å². The maximum atomic E-state index is 12.0. The standard InChI is InChI=1S/C12H23N3O3.ClH/c1-3-13-11(16)8-15(4-2)12(17)7-10-9-18-6-5-14-10;/h10,14H,3-9H2,1-2H3,(H,13,16);1H. The minimum absolute atomic E-state index is 0. The van der Waals surface area contributed by atoms with Crippen molar-refractivity contribution in [3.63, 3.8) is 0 Å². The van der Waals surface area contributed by atoms with Crippen molar-refractivity contribution in [3.05, 3.63) is 0 Å². The minimum Gasteiger partial charge on any atom is -0.378 e. The Morgan fingerprint density at radius 2 is 2.16 bits per heavy atom. The summed E-state index contributed by atoms with van der Waals surface area (Å²) in [5.74, 6) is -0.118. The predicted octanol–water partition coefficient (Wildman–Crippen LogP) is -0.229. The molecule has 112 valence electrons. The number of morpholine rings is 1. The van der Waals surface area contributed by atoms with E-state index in [0.29, 0.717) is 32.7 Å². The Morgan fingerprint density at radius 1 is 1.42 bits per heavy atom. The summed E-state index contributed by atoms with van der Waals surface area (Å²) in [4.78, 5) is 25.1. The summed E-state index contributed by atoms with van der Waals surface area (Å²) in [6.07, 6.45) is 0.382. The number of rotatable bonds is 6. The molecule has 19 heavy (non-hydrogen) atoms. The van der Waals surface area contributed by atoms with E-state index >= 15 is 0 Å². The molecule has 1 unspecified atom stereocenters. The molecule has 1 atom stereocenters. The zero-order chi connectivity index (χ0) is 13.4. The van der Waals surface area contributed by atoms with Crippen LogP contribution in [-0.2, 0) is 14.3 Å². The van der Waals surface area contributed by atoms with Crippen LogP contribution >= 0.6 is 12.4 Å². The Balaban J connectivity index is 0.00000324. The van der Waals surface area contributed by atoms with Gasteiger partial charge in [0.15, 0.2) is 0 Å². The average molecular weight is 294 g/mol. The average Bonchev–Trinajstić information content (AvgIpc) is 2.37. The van der Waals surface area contributed by atoms with Crippen molar-refractivity contribution in [1.82, 2.24) is 15.5 Å². The Bertz CT molecular complexity index is 283. The molecule has 1 aliphatic rings. The normalized spacial score (nSPS) is 18.3. The molecule has 1 saturated heterocycles. The quantitative estimate of drug-likeness (QED) is 0.710. The first-order valence-electron chi connectivity index (χ1n) is 6.53. The van der Waals surface area contributed by atoms with Gasteiger partial charge in [0.1, 0.15) is 0 Å². The summed E-state index contributed by atoms with van der Waals surface area (Å²) in [5.41, 5.74) is 0. The van der Waals surface area contributed by atoms with Gasteiger partial charge in [-0.25, -0.2) is 0 Å². The van der Waals surface area contributed by atoms with Gasteiger partial charge in [0, 0.05) is 32.1 Å². The molecule has 2 N–H and O–H groups in total. The molecule has 1 rings (SSSR count). The number of amides is 2. The summed E-state index contributed by atoms with van der Waals surface area (Å²) in [5, 5.41) is 5.93. The molecule has 1 fully saturated rings. The Kier molecular flexibility index (Phi) is 9.55. The monoisotopic (exact) mass is 293 g/mol. The first-order valence-corrected chi connectivity index (χ1v) is 6.53. The Hall–Kier alpha value is -0.850. The molecule has 0 aromatic carbocycles. The SMILES string of the molecule is CCNC(=O)CN(CC)C(=O)CC1COCCN1.Cl. The van der Waals surface area contributed by atoms with E-state index in [9.17, 15) is 9.59 Å². The largest absolute Gasteiger partial charge is 0.378 e. The first-order chi connectivity index (χ1) is 8.67. The van der Waals surface area contributed by atoms with Crippen LogP contribution in [0.5, 0.6) is 0 Å². The third-order valence-corrected chi connectivity index (χ3v) is 2.86. The van der Waals surface area contributed by atoms with Gasteiger partial charge in [-0.2, -0.15) is 0 Å². The number of halogens is 1. The molecule has 0 saturated carbocycles. The lowest BCUT2D eigenvalue weighted by molar-refractivity contribution is -0.136. The van der Waals surface area contributed by atoms with Crippen molar-refractivity contribution in [2.75, 3.05) is 39.4 Å². The molecule has 0 bridgehead atoms. The van der Waals surface area contributed by atoms with E-state index in [1.54, 1.807) is 4.90 Å². The van der Waals surface area contributed by atoms with E-state index in [1.165, 1.54) is 0 Å². The first kappa shape index (κ1) is 18.1. The van der Waals surface area contributed by atoms with Gasteiger partial charge in [-0.15, -0.1) is 12.4 Å². The van der Waals surface area contributed by atoms with Gasteiger partial charge in [-0.1, -0.05) is 0 Å². The number of hydrogen-bond donors (Lipinski definition) is 2. The van der Waals surface area contributed by atoms with Crippen molar-refractivity contribution in [3.8, 4) is 0 Å². The topological polar surface area (TPSA) is 70.7 Å². The van der Waals surface area contributed by atoms with Crippen molar-refractivity contribution in [2.45, 2.75) is 26.3 Å². The molecular weight excluding hydrogens is 270 g/mol. The molecular formula is C12H24ClN3O3. The smallest absolute Gasteiger partial charge is 0.239 e. The highest BCUT2D eigenvalue weighted by Gasteiger charge is 2.21. The number of nitrogens with one attached hydrogen (secondary N) is 2. The van der Waals surface area contributed by atoms with Crippen molar-refractivity contribution >= 4 is 24.2 Å². The van der Waals surface area contributed by atoms with Gasteiger partial charge < -0.3 is 20.3 Å². The van der Waals surface area contributed by atoms with Gasteiger partial charge in [0.2, 0.25) is 11.8 Å². The third-order valence-electron chi connectivity index (χ3n) is 2.86. The Morgan fingerprint density at radius 3 is 2.68 bits per heavy atom. The highest BCUT2D eigenvalue weighted by molar-refractivity contribution is 5.85. The van der Waals surface area contributed by atoms with Crippen molar-refractivity contribution in [1.29, 1.82) is 0 Å². The van der Waals surface area contributed by atoms with Gasteiger partial charge in [0.05, 0.1) is 19.8 Å². The molecule has 2 amide bonds. The van der Waals surface area contributed by atoms with E-state index in [2.05, 4.69) is 10.6 Å². The fraction of sp³-hybridized carbons (Fsp3) is 0.833. The van der Waals surface area contributed by atoms with Crippen LogP contribution in [0.15, 0.2) is 0 Å². The number of carbonyl (C=O) groups excluding carboxylic acids is 2. The second-order valence-electron chi connectivity index (χ2n) is 4.29. The summed E-state index contributed by atoms with van der Waals surface area (Å²) in [6.45, 7) is 7.04. The zero-order valence-corrected chi connectivity index (χ0v) is 12.4. The molecule has 0 aromatic heterocycles. The van der Waals surface area contributed by atoms with E-state index in [0.717, 1.165) is 6.54 Å². The maximum Gasteiger partial charge on any atom is 0.239 e. The fourth-order valence-electron chi connectivity index (χ4n) is 1.89. The summed E-state index contributed by atoms with van der Waals surface area (Å²) in [7, 11) is 0. The Labute approximate surface area is 120 Å². The minimum atomic E-state index is -0.111. The van der Waals surface area contributed by atoms with Crippen LogP contribution in [0.1, 0.15) is 20.3 Å². The molecule has 0 spiro atoms. The van der Waals surface area contributed by atoms with E-state index in [-0.39, 0.29) is 36.8 Å². The molecule has 6 nitrogen and oxygen atoms in total. The lowest BCUT2D eigenvalue weighted by Crippen LogP contribution is -2.47. The van der Waals surface area contributed by atoms with Crippen LogP contribution < -0.4 is 10.6 Å². The summed E-state index contributed by atoms with van der Waals surface area (Å²) >= 11 is 0. The number of hydrogen-bond acceptors (Lipinski definition) is 4. The fourth-order valence-corrected chi connectivity index (χ4v) is 1.89. The molecule has 1 heterocycles. The third kappa shape index (κ3) is 6.75. The van der Waals surface area contributed by atoms with Crippen LogP contribution in [0, 0.1) is 0 Å². The molecule has 0 radical (unpaired) electrons. The lowest BCUT2D eigenvalue weighted by Gasteiger charge is -2.26. The number of carbonyl (C=O) groups is 2. The highest BCUT2D eigenvalue weighted by Crippen LogP contribution is 2.02. The molecule has 0 aliphatic carbocycles. The second-order valence-corrected chi connectivity index (χ2v) is 4.29.